The molecule has 1 atom stereocenters. The lowest BCUT2D eigenvalue weighted by Gasteiger charge is -2.15. The van der Waals surface area contributed by atoms with Crippen LogP contribution in [0.15, 0.2) is 59.5 Å². The quantitative estimate of drug-likeness (QED) is 0.161. The van der Waals surface area contributed by atoms with E-state index in [0.717, 1.165) is 43.0 Å². The Hall–Kier alpha value is -2.86. The highest BCUT2D eigenvalue weighted by atomic mass is 35.5. The summed E-state index contributed by atoms with van der Waals surface area (Å²) < 4.78 is 55.3. The van der Waals surface area contributed by atoms with Crippen LogP contribution in [0.25, 0.3) is 10.9 Å². The average Bonchev–Trinajstić information content (AvgIpc) is 3.24. The molecule has 1 aromatic heterocycles. The van der Waals surface area contributed by atoms with Crippen molar-refractivity contribution < 1.29 is 17.6 Å². The van der Waals surface area contributed by atoms with Crippen molar-refractivity contribution in [2.24, 2.45) is 4.99 Å². The second kappa shape index (κ2) is 14.2. The Morgan fingerprint density at radius 2 is 1.78 bits per heavy atom. The highest BCUT2D eigenvalue weighted by Crippen LogP contribution is 2.37. The van der Waals surface area contributed by atoms with Gasteiger partial charge in [-0.3, -0.25) is 4.99 Å². The summed E-state index contributed by atoms with van der Waals surface area (Å²) in [5.74, 6) is -3.00. The first-order valence-electron chi connectivity index (χ1n) is 12.5. The van der Waals surface area contributed by atoms with E-state index in [1.807, 2.05) is 13.8 Å². The zero-order chi connectivity index (χ0) is 27.7. The summed E-state index contributed by atoms with van der Waals surface area (Å²) in [5, 5.41) is 0.500. The fourth-order valence-corrected chi connectivity index (χ4v) is 4.16. The number of hydrogen-bond acceptors (Lipinski definition) is 1. The standard InChI is InChI=1S/C20H19ClF3N.C10H16FN/c1-3-4-6-13-17-16(10-9-14(21)19(17)24)25-20(13)11(2)12-7-5-8-15(22)18(12)23;1-5-6-9(4)12-7-10(11)8(2)3/h5,7-11,25H,3-4,6H2,1-2H3;7H,2,5-6H2,1,3-4H3/b;10-7+,12-9?. The topological polar surface area (TPSA) is 28.1 Å². The highest BCUT2D eigenvalue weighted by Gasteiger charge is 2.24. The van der Waals surface area contributed by atoms with Gasteiger partial charge >= 0.3 is 0 Å². The molecular weight excluding hydrogens is 500 g/mol. The van der Waals surface area contributed by atoms with Crippen molar-refractivity contribution in [3.8, 4) is 0 Å². The van der Waals surface area contributed by atoms with Gasteiger partial charge in [0.2, 0.25) is 0 Å². The monoisotopic (exact) mass is 534 g/mol. The maximum Gasteiger partial charge on any atom is 0.162 e. The Balaban J connectivity index is 0.000000341. The number of aromatic amines is 1. The van der Waals surface area contributed by atoms with Gasteiger partial charge in [-0.1, -0.05) is 63.9 Å². The van der Waals surface area contributed by atoms with Crippen molar-refractivity contribution in [2.45, 2.75) is 72.6 Å². The molecule has 0 radical (unpaired) electrons. The second-order valence-electron chi connectivity index (χ2n) is 9.14. The smallest absolute Gasteiger partial charge is 0.162 e. The molecule has 37 heavy (non-hydrogen) atoms. The molecule has 1 heterocycles. The molecule has 0 aliphatic heterocycles. The molecular formula is C30H35ClF4N2. The molecule has 0 amide bonds. The number of allylic oxidation sites excluding steroid dienone is 2. The zero-order valence-electron chi connectivity index (χ0n) is 22.1. The Morgan fingerprint density at radius 3 is 2.41 bits per heavy atom. The number of fused-ring (bicyclic) bond motifs is 1. The van der Waals surface area contributed by atoms with Crippen molar-refractivity contribution in [3.63, 3.8) is 0 Å². The van der Waals surface area contributed by atoms with Crippen LogP contribution in [0.3, 0.4) is 0 Å². The van der Waals surface area contributed by atoms with E-state index < -0.39 is 23.4 Å². The first-order valence-corrected chi connectivity index (χ1v) is 12.9. The first kappa shape index (κ1) is 30.4. The van der Waals surface area contributed by atoms with Crippen LogP contribution >= 0.6 is 11.6 Å². The number of halogens is 5. The molecule has 200 valence electrons. The van der Waals surface area contributed by atoms with Crippen LogP contribution in [-0.4, -0.2) is 10.7 Å². The molecule has 7 heteroatoms. The number of nitrogens with one attached hydrogen (secondary N) is 1. The Kier molecular flexibility index (Phi) is 11.6. The van der Waals surface area contributed by atoms with Gasteiger partial charge in [-0.15, -0.1) is 0 Å². The molecule has 3 aromatic rings. The van der Waals surface area contributed by atoms with Gasteiger partial charge in [0.1, 0.15) is 5.83 Å². The number of nitrogens with zero attached hydrogens (tertiary/aromatic N) is 1. The number of aryl methyl sites for hydroxylation is 1. The Labute approximate surface area is 222 Å². The molecule has 2 aromatic carbocycles. The van der Waals surface area contributed by atoms with Crippen LogP contribution in [0.1, 0.15) is 83.0 Å². The van der Waals surface area contributed by atoms with E-state index in [2.05, 4.69) is 23.5 Å². The van der Waals surface area contributed by atoms with Gasteiger partial charge in [0.15, 0.2) is 17.5 Å². The lowest BCUT2D eigenvalue weighted by Crippen LogP contribution is -2.04. The third-order valence-electron chi connectivity index (χ3n) is 6.07. The van der Waals surface area contributed by atoms with E-state index in [1.165, 1.54) is 18.3 Å². The van der Waals surface area contributed by atoms with Gasteiger partial charge in [0, 0.05) is 28.2 Å². The minimum Gasteiger partial charge on any atom is -0.358 e. The Morgan fingerprint density at radius 1 is 1.08 bits per heavy atom. The van der Waals surface area contributed by atoms with Crippen LogP contribution in [-0.2, 0) is 6.42 Å². The Bertz CT molecular complexity index is 1290. The number of rotatable bonds is 9. The van der Waals surface area contributed by atoms with Gasteiger partial charge in [0.25, 0.3) is 0 Å². The van der Waals surface area contributed by atoms with Crippen molar-refractivity contribution in [2.75, 3.05) is 0 Å². The predicted octanol–water partition coefficient (Wildman–Crippen LogP) is 10.4. The maximum absolute atomic E-state index is 14.6. The van der Waals surface area contributed by atoms with Gasteiger partial charge < -0.3 is 4.98 Å². The third-order valence-corrected chi connectivity index (χ3v) is 6.36. The van der Waals surface area contributed by atoms with Gasteiger partial charge in [-0.2, -0.15) is 0 Å². The van der Waals surface area contributed by atoms with Crippen molar-refractivity contribution >= 4 is 28.2 Å². The summed E-state index contributed by atoms with van der Waals surface area (Å²) >= 11 is 5.95. The van der Waals surface area contributed by atoms with Gasteiger partial charge in [-0.25, -0.2) is 17.6 Å². The number of unbranched alkanes of at least 4 members (excludes halogenated alkanes) is 1. The molecule has 1 N–H and O–H groups in total. The minimum atomic E-state index is -0.884. The number of hydrogen-bond donors (Lipinski definition) is 1. The summed E-state index contributed by atoms with van der Waals surface area (Å²) in [7, 11) is 0. The summed E-state index contributed by atoms with van der Waals surface area (Å²) in [4.78, 5) is 7.15. The van der Waals surface area contributed by atoms with E-state index in [9.17, 15) is 17.6 Å². The fourth-order valence-electron chi connectivity index (χ4n) is 4.00. The van der Waals surface area contributed by atoms with Crippen LogP contribution in [0.5, 0.6) is 0 Å². The third kappa shape index (κ3) is 7.81. The zero-order valence-corrected chi connectivity index (χ0v) is 22.9. The fraction of sp³-hybridized carbons (Fsp3) is 0.367. The molecule has 0 fully saturated rings. The number of aliphatic imine (C=N–C) groups is 1. The molecule has 0 saturated carbocycles. The number of H-pyrrole nitrogens is 1. The molecule has 0 aliphatic carbocycles. The predicted molar refractivity (Wildman–Crippen MR) is 148 cm³/mol. The van der Waals surface area contributed by atoms with E-state index in [-0.39, 0.29) is 16.4 Å². The molecule has 0 spiro atoms. The second-order valence-corrected chi connectivity index (χ2v) is 9.55. The largest absolute Gasteiger partial charge is 0.358 e. The molecule has 0 saturated heterocycles. The van der Waals surface area contributed by atoms with E-state index >= 15 is 0 Å². The van der Waals surface area contributed by atoms with Crippen molar-refractivity contribution in [3.05, 3.63) is 93.8 Å². The SMILES string of the molecule is C=C(C)/C(F)=C\N=C(C)CCC.CCCCc1c(C(C)c2cccc(F)c2F)[nH]c2ccc(Cl)c(F)c12. The number of benzene rings is 2. The lowest BCUT2D eigenvalue weighted by molar-refractivity contribution is 0.495. The van der Waals surface area contributed by atoms with E-state index in [4.69, 9.17) is 11.6 Å². The first-order chi connectivity index (χ1) is 17.5. The average molecular weight is 535 g/mol. The van der Waals surface area contributed by atoms with Crippen molar-refractivity contribution in [1.29, 1.82) is 0 Å². The van der Waals surface area contributed by atoms with Crippen LogP contribution in [0.4, 0.5) is 17.6 Å². The van der Waals surface area contributed by atoms with Crippen LogP contribution in [0, 0.1) is 17.5 Å². The van der Waals surface area contributed by atoms with Crippen LogP contribution in [0.2, 0.25) is 5.02 Å². The van der Waals surface area contributed by atoms with E-state index in [1.54, 1.807) is 26.0 Å². The molecule has 1 unspecified atom stereocenters. The maximum atomic E-state index is 14.6. The summed E-state index contributed by atoms with van der Waals surface area (Å²) in [6.07, 6.45) is 5.64. The van der Waals surface area contributed by atoms with Crippen LogP contribution < -0.4 is 0 Å². The highest BCUT2D eigenvalue weighted by molar-refractivity contribution is 6.31. The van der Waals surface area contributed by atoms with Gasteiger partial charge in [-0.05, 0) is 68.0 Å². The summed E-state index contributed by atoms with van der Waals surface area (Å²) in [6.45, 7) is 12.9. The molecule has 0 aliphatic rings. The molecule has 3 rings (SSSR count). The summed E-state index contributed by atoms with van der Waals surface area (Å²) in [6, 6.07) is 7.34. The number of aromatic nitrogens is 1. The molecule has 2 nitrogen and oxygen atoms in total. The van der Waals surface area contributed by atoms with Crippen molar-refractivity contribution in [1.82, 2.24) is 4.98 Å². The summed E-state index contributed by atoms with van der Waals surface area (Å²) in [5.41, 5.74) is 3.72. The van der Waals surface area contributed by atoms with Gasteiger partial charge in [0.05, 0.1) is 11.2 Å². The minimum absolute atomic E-state index is 0.0559. The van der Waals surface area contributed by atoms with E-state index in [0.29, 0.717) is 28.6 Å². The lowest BCUT2D eigenvalue weighted by atomic mass is 9.92. The normalized spacial score (nSPS) is 12.9. The molecule has 0 bridgehead atoms.